The van der Waals surface area contributed by atoms with E-state index >= 15 is 0 Å². The van der Waals surface area contributed by atoms with Crippen LogP contribution in [0.25, 0.3) is 0 Å². The highest BCUT2D eigenvalue weighted by molar-refractivity contribution is 7.10. The lowest BCUT2D eigenvalue weighted by atomic mass is 10.2. The summed E-state index contributed by atoms with van der Waals surface area (Å²) < 4.78 is 11.5. The fourth-order valence-electron chi connectivity index (χ4n) is 2.85. The number of aliphatic imine (C=N–C) groups is 1. The summed E-state index contributed by atoms with van der Waals surface area (Å²) in [5.74, 6) is 2.33. The first kappa shape index (κ1) is 19.5. The summed E-state index contributed by atoms with van der Waals surface area (Å²) in [6.07, 6.45) is 0.899. The highest BCUT2D eigenvalue weighted by atomic mass is 32.1. The molecule has 0 amide bonds. The topological polar surface area (TPSA) is 58.1 Å². The number of fused-ring (bicyclic) bond motifs is 1. The third-order valence-electron chi connectivity index (χ3n) is 4.27. The fraction of sp³-hybridized carbons (Fsp3) is 0.450. The van der Waals surface area contributed by atoms with E-state index in [0.717, 1.165) is 36.1 Å². The quantitative estimate of drug-likeness (QED) is 0.585. The number of thiophene rings is 1. The molecule has 1 unspecified atom stereocenters. The first-order valence-corrected chi connectivity index (χ1v) is 10.2. The van der Waals surface area contributed by atoms with Gasteiger partial charge in [-0.05, 0) is 44.6 Å². The Morgan fingerprint density at radius 2 is 2.04 bits per heavy atom. The third kappa shape index (κ3) is 5.37. The third-order valence-corrected chi connectivity index (χ3v) is 5.25. The second-order valence-electron chi connectivity index (χ2n) is 6.55. The fourth-order valence-corrected chi connectivity index (χ4v) is 3.77. The van der Waals surface area contributed by atoms with Crippen molar-refractivity contribution in [3.05, 3.63) is 40.6 Å². The maximum atomic E-state index is 5.78. The van der Waals surface area contributed by atoms with E-state index in [0.29, 0.717) is 19.8 Å². The molecule has 27 heavy (non-hydrogen) atoms. The average Bonchev–Trinajstić information content (AvgIpc) is 3.07. The second kappa shape index (κ2) is 9.62. The molecule has 1 aromatic heterocycles. The van der Waals surface area contributed by atoms with Gasteiger partial charge in [0, 0.05) is 29.6 Å². The van der Waals surface area contributed by atoms with Gasteiger partial charge in [0.25, 0.3) is 0 Å². The van der Waals surface area contributed by atoms with Crippen LogP contribution in [0.2, 0.25) is 0 Å². The molecule has 0 saturated heterocycles. The predicted octanol–water partition coefficient (Wildman–Crippen LogP) is 3.59. The van der Waals surface area contributed by atoms with Crippen LogP contribution in [-0.4, -0.2) is 51.3 Å². The molecule has 0 spiro atoms. The van der Waals surface area contributed by atoms with Crippen molar-refractivity contribution in [1.82, 2.24) is 10.2 Å². The summed E-state index contributed by atoms with van der Waals surface area (Å²) >= 11 is 1.76. The molecule has 1 aliphatic rings. The van der Waals surface area contributed by atoms with E-state index < -0.39 is 0 Å². The number of likely N-dealkylation sites (N-methyl/N-ethyl adjacent to an activating group) is 1. The van der Waals surface area contributed by atoms with Gasteiger partial charge >= 0.3 is 0 Å². The normalized spacial score (nSPS) is 15.3. The minimum Gasteiger partial charge on any atom is -0.490 e. The average molecular weight is 389 g/mol. The molecule has 3 rings (SSSR count). The molecule has 2 aromatic rings. The molecule has 6 nitrogen and oxygen atoms in total. The minimum atomic E-state index is 0.254. The Kier molecular flexibility index (Phi) is 6.95. The number of guanidine groups is 1. The van der Waals surface area contributed by atoms with Crippen molar-refractivity contribution >= 4 is 23.0 Å². The zero-order valence-corrected chi connectivity index (χ0v) is 17.0. The van der Waals surface area contributed by atoms with Crippen LogP contribution in [0.4, 0.5) is 5.69 Å². The lowest BCUT2D eigenvalue weighted by Crippen LogP contribution is -2.32. The maximum absolute atomic E-state index is 5.78. The zero-order chi connectivity index (χ0) is 19.1. The number of benzene rings is 1. The van der Waals surface area contributed by atoms with Crippen molar-refractivity contribution in [2.24, 2.45) is 4.99 Å². The Morgan fingerprint density at radius 3 is 2.74 bits per heavy atom. The molecule has 1 atom stereocenters. The van der Waals surface area contributed by atoms with Crippen LogP contribution in [0, 0.1) is 0 Å². The number of nitrogens with one attached hydrogen (secondary N) is 2. The van der Waals surface area contributed by atoms with Crippen molar-refractivity contribution in [3.8, 4) is 11.5 Å². The maximum Gasteiger partial charge on any atom is 0.195 e. The van der Waals surface area contributed by atoms with Gasteiger partial charge in [-0.3, -0.25) is 4.99 Å². The Bertz CT molecular complexity index is 746. The monoisotopic (exact) mass is 388 g/mol. The van der Waals surface area contributed by atoms with Gasteiger partial charge in [-0.1, -0.05) is 6.07 Å². The van der Waals surface area contributed by atoms with Crippen LogP contribution >= 0.6 is 11.3 Å². The molecule has 0 radical (unpaired) electrons. The van der Waals surface area contributed by atoms with Crippen LogP contribution in [0.15, 0.2) is 40.7 Å². The van der Waals surface area contributed by atoms with Crippen molar-refractivity contribution in [2.75, 3.05) is 45.7 Å². The highest BCUT2D eigenvalue weighted by Crippen LogP contribution is 2.32. The van der Waals surface area contributed by atoms with Crippen LogP contribution in [-0.2, 0) is 0 Å². The van der Waals surface area contributed by atoms with Gasteiger partial charge in [0.1, 0.15) is 0 Å². The van der Waals surface area contributed by atoms with E-state index in [2.05, 4.69) is 54.1 Å². The summed E-state index contributed by atoms with van der Waals surface area (Å²) in [7, 11) is 4.17. The molecular weight excluding hydrogens is 360 g/mol. The van der Waals surface area contributed by atoms with Crippen LogP contribution < -0.4 is 20.1 Å². The van der Waals surface area contributed by atoms with Crippen molar-refractivity contribution in [2.45, 2.75) is 19.4 Å². The number of anilines is 1. The van der Waals surface area contributed by atoms with Crippen LogP contribution in [0.1, 0.15) is 24.3 Å². The molecule has 1 aromatic carbocycles. The summed E-state index contributed by atoms with van der Waals surface area (Å²) in [4.78, 5) is 8.32. The lowest BCUT2D eigenvalue weighted by molar-refractivity contribution is 0.297. The van der Waals surface area contributed by atoms with Gasteiger partial charge < -0.3 is 25.0 Å². The zero-order valence-electron chi connectivity index (χ0n) is 16.2. The molecule has 1 aliphatic heterocycles. The van der Waals surface area contributed by atoms with Gasteiger partial charge in [-0.25, -0.2) is 0 Å². The molecule has 2 N–H and O–H groups in total. The second-order valence-corrected chi connectivity index (χ2v) is 7.53. The van der Waals surface area contributed by atoms with E-state index in [1.54, 1.807) is 11.3 Å². The van der Waals surface area contributed by atoms with E-state index in [1.165, 1.54) is 4.88 Å². The SMILES string of the molecule is CCNC(=NCC(c1cccs1)N(C)C)Nc1ccc2c(c1)OCCCO2. The number of ether oxygens (including phenoxy) is 2. The van der Waals surface area contributed by atoms with Gasteiger partial charge in [-0.15, -0.1) is 11.3 Å². The summed E-state index contributed by atoms with van der Waals surface area (Å²) in [6.45, 7) is 4.90. The number of hydrogen-bond acceptors (Lipinski definition) is 5. The first-order valence-electron chi connectivity index (χ1n) is 9.32. The number of nitrogens with zero attached hydrogens (tertiary/aromatic N) is 2. The molecule has 2 heterocycles. The summed E-state index contributed by atoms with van der Waals surface area (Å²) in [5, 5.41) is 8.80. The Balaban J connectivity index is 1.73. The molecule has 0 saturated carbocycles. The Hall–Kier alpha value is -2.25. The Morgan fingerprint density at radius 1 is 1.22 bits per heavy atom. The largest absolute Gasteiger partial charge is 0.490 e. The molecule has 7 heteroatoms. The summed E-state index contributed by atoms with van der Waals surface area (Å²) in [5.41, 5.74) is 0.927. The lowest BCUT2D eigenvalue weighted by Gasteiger charge is -2.22. The van der Waals surface area contributed by atoms with Gasteiger partial charge in [0.2, 0.25) is 0 Å². The van der Waals surface area contributed by atoms with Crippen LogP contribution in [0.3, 0.4) is 0 Å². The number of rotatable bonds is 6. The molecule has 0 aliphatic carbocycles. The van der Waals surface area contributed by atoms with Crippen molar-refractivity contribution in [3.63, 3.8) is 0 Å². The Labute approximate surface area is 165 Å². The van der Waals surface area contributed by atoms with Gasteiger partial charge in [0.15, 0.2) is 17.5 Å². The van der Waals surface area contributed by atoms with Gasteiger partial charge in [-0.2, -0.15) is 0 Å². The van der Waals surface area contributed by atoms with Crippen molar-refractivity contribution < 1.29 is 9.47 Å². The smallest absolute Gasteiger partial charge is 0.195 e. The molecule has 146 valence electrons. The highest BCUT2D eigenvalue weighted by Gasteiger charge is 2.15. The molecule has 0 bridgehead atoms. The predicted molar refractivity (Wildman–Crippen MR) is 112 cm³/mol. The summed E-state index contributed by atoms with van der Waals surface area (Å²) in [6, 6.07) is 10.4. The molecular formula is C20H28N4O2S. The van der Waals surface area contributed by atoms with Crippen LogP contribution in [0.5, 0.6) is 11.5 Å². The molecule has 0 fully saturated rings. The van der Waals surface area contributed by atoms with Crippen molar-refractivity contribution in [1.29, 1.82) is 0 Å². The van der Waals surface area contributed by atoms with E-state index in [4.69, 9.17) is 14.5 Å². The minimum absolute atomic E-state index is 0.254. The van der Waals surface area contributed by atoms with E-state index in [1.807, 2.05) is 18.2 Å². The first-order chi connectivity index (χ1) is 13.2. The van der Waals surface area contributed by atoms with Gasteiger partial charge in [0.05, 0.1) is 25.8 Å². The standard InChI is InChI=1S/C20H28N4O2S/c1-4-21-20(22-14-16(24(2)3)19-7-5-12-27-19)23-15-8-9-17-18(13-15)26-11-6-10-25-17/h5,7-9,12-13,16H,4,6,10-11,14H2,1-3H3,(H2,21,22,23). The van der Waals surface area contributed by atoms with E-state index in [9.17, 15) is 0 Å². The number of hydrogen-bond donors (Lipinski definition) is 2. The van der Waals surface area contributed by atoms with E-state index in [-0.39, 0.29) is 6.04 Å².